The van der Waals surface area contributed by atoms with E-state index >= 15 is 0 Å². The quantitative estimate of drug-likeness (QED) is 0.609. The van der Waals surface area contributed by atoms with Crippen LogP contribution in [0.15, 0.2) is 23.4 Å². The van der Waals surface area contributed by atoms with Gasteiger partial charge in [0.05, 0.1) is 17.4 Å². The van der Waals surface area contributed by atoms with E-state index in [1.807, 2.05) is 0 Å². The zero-order chi connectivity index (χ0) is 21.5. The van der Waals surface area contributed by atoms with Crippen molar-refractivity contribution < 1.29 is 17.9 Å². The molecule has 2 heterocycles. The van der Waals surface area contributed by atoms with E-state index in [-0.39, 0.29) is 23.1 Å². The average Bonchev–Trinajstić information content (AvgIpc) is 3.03. The third-order valence-electron chi connectivity index (χ3n) is 4.04. The zero-order valence-corrected chi connectivity index (χ0v) is 18.1. The molecule has 11 heteroatoms. The van der Waals surface area contributed by atoms with Crippen molar-refractivity contribution in [3.8, 4) is 0 Å². The third-order valence-corrected chi connectivity index (χ3v) is 5.57. The number of aromatic nitrogens is 4. The van der Waals surface area contributed by atoms with E-state index < -0.39 is 21.1 Å². The van der Waals surface area contributed by atoms with Gasteiger partial charge < -0.3 is 4.74 Å². The number of sulfonamides is 1. The molecule has 0 saturated carbocycles. The van der Waals surface area contributed by atoms with Gasteiger partial charge in [-0.1, -0.05) is 11.6 Å². The molecular weight excluding hydrogens is 418 g/mol. The summed E-state index contributed by atoms with van der Waals surface area (Å²) in [4.78, 5) is 20.6. The van der Waals surface area contributed by atoms with Crippen molar-refractivity contribution in [3.63, 3.8) is 0 Å². The number of hydrogen-bond donors (Lipinski definition) is 1. The molecule has 0 spiro atoms. The van der Waals surface area contributed by atoms with Crippen molar-refractivity contribution in [3.05, 3.63) is 45.7 Å². The summed E-state index contributed by atoms with van der Waals surface area (Å²) in [6.07, 6.45) is -0.375. The summed E-state index contributed by atoms with van der Waals surface area (Å²) in [7, 11) is -4.23. The maximum Gasteiger partial charge on any atom is 0.340 e. The highest BCUT2D eigenvalue weighted by Gasteiger charge is 2.26. The van der Waals surface area contributed by atoms with E-state index in [1.54, 1.807) is 40.7 Å². The predicted molar refractivity (Wildman–Crippen MR) is 108 cm³/mol. The molecular formula is C18H20ClN5O4S. The standard InChI is InChI=1S/C18H20ClN5O4S/c1-9(2)28-16(25)13-6-7-14(19)12(5)15(13)23-29(26,27)18-21-17-20-10(3)8-11(4)24(17)22-18/h6-9,23H,1-5H3. The molecule has 0 fully saturated rings. The number of esters is 1. The van der Waals surface area contributed by atoms with E-state index in [9.17, 15) is 13.2 Å². The number of hydrogen-bond acceptors (Lipinski definition) is 7. The minimum atomic E-state index is -4.23. The molecule has 0 aliphatic heterocycles. The number of ether oxygens (including phenoxy) is 1. The molecule has 0 aliphatic rings. The molecule has 2 aromatic heterocycles. The SMILES string of the molecule is Cc1cc(C)n2nc(S(=O)(=O)Nc3c(C(=O)OC(C)C)ccc(Cl)c3C)nc2n1. The maximum absolute atomic E-state index is 13.0. The van der Waals surface area contributed by atoms with Crippen LogP contribution in [0.3, 0.4) is 0 Å². The van der Waals surface area contributed by atoms with Crippen molar-refractivity contribution in [1.29, 1.82) is 0 Å². The second kappa shape index (κ2) is 7.60. The molecule has 0 amide bonds. The van der Waals surface area contributed by atoms with E-state index in [0.29, 0.717) is 22.0 Å². The normalized spacial score (nSPS) is 11.8. The Bertz CT molecular complexity index is 1220. The number of aryl methyl sites for hydroxylation is 2. The fourth-order valence-electron chi connectivity index (χ4n) is 2.71. The van der Waals surface area contributed by atoms with Gasteiger partial charge in [-0.2, -0.15) is 13.4 Å². The Labute approximate surface area is 173 Å². The van der Waals surface area contributed by atoms with E-state index in [4.69, 9.17) is 16.3 Å². The van der Waals surface area contributed by atoms with Gasteiger partial charge in [0.1, 0.15) is 0 Å². The van der Waals surface area contributed by atoms with Crippen LogP contribution in [0.25, 0.3) is 5.78 Å². The minimum absolute atomic E-state index is 0.0165. The number of halogens is 1. The first-order valence-electron chi connectivity index (χ1n) is 8.73. The Morgan fingerprint density at radius 1 is 1.21 bits per heavy atom. The molecule has 0 saturated heterocycles. The lowest BCUT2D eigenvalue weighted by atomic mass is 10.1. The fraction of sp³-hybridized carbons (Fsp3) is 0.333. The van der Waals surface area contributed by atoms with E-state index in [0.717, 1.165) is 0 Å². The molecule has 29 heavy (non-hydrogen) atoms. The number of rotatable bonds is 5. The van der Waals surface area contributed by atoms with E-state index in [1.165, 1.54) is 16.6 Å². The summed E-state index contributed by atoms with van der Waals surface area (Å²) in [5.74, 6) is -0.515. The molecule has 3 aromatic rings. The van der Waals surface area contributed by atoms with Crippen LogP contribution in [-0.2, 0) is 14.8 Å². The Balaban J connectivity index is 2.08. The summed E-state index contributed by atoms with van der Waals surface area (Å²) in [6, 6.07) is 4.67. The summed E-state index contributed by atoms with van der Waals surface area (Å²) < 4.78 is 34.8. The lowest BCUT2D eigenvalue weighted by Crippen LogP contribution is -2.20. The molecule has 0 atom stereocenters. The van der Waals surface area contributed by atoms with Gasteiger partial charge in [-0.05, 0) is 58.4 Å². The number of nitrogens with zero attached hydrogens (tertiary/aromatic N) is 4. The molecule has 1 N–H and O–H groups in total. The Morgan fingerprint density at radius 2 is 1.90 bits per heavy atom. The molecule has 0 radical (unpaired) electrons. The van der Waals surface area contributed by atoms with E-state index in [2.05, 4.69) is 19.8 Å². The highest BCUT2D eigenvalue weighted by molar-refractivity contribution is 7.92. The number of anilines is 1. The van der Waals surface area contributed by atoms with Gasteiger partial charge >= 0.3 is 5.97 Å². The topological polar surface area (TPSA) is 116 Å². The van der Waals surface area contributed by atoms with Gasteiger partial charge in [-0.15, -0.1) is 5.10 Å². The van der Waals surface area contributed by atoms with Crippen molar-refractivity contribution in [2.24, 2.45) is 0 Å². The van der Waals surface area contributed by atoms with Gasteiger partial charge in [-0.25, -0.2) is 14.3 Å². The summed E-state index contributed by atoms with van der Waals surface area (Å²) in [5, 5.41) is 3.86. The van der Waals surface area contributed by atoms with Crippen LogP contribution in [0, 0.1) is 20.8 Å². The molecule has 9 nitrogen and oxygen atoms in total. The maximum atomic E-state index is 13.0. The minimum Gasteiger partial charge on any atom is -0.459 e. The van der Waals surface area contributed by atoms with Crippen LogP contribution in [0.1, 0.15) is 41.2 Å². The lowest BCUT2D eigenvalue weighted by molar-refractivity contribution is 0.0379. The predicted octanol–water partition coefficient (Wildman–Crippen LogP) is 3.07. The molecule has 0 bridgehead atoms. The van der Waals surface area contributed by atoms with Gasteiger partial charge in [-0.3, -0.25) is 4.72 Å². The lowest BCUT2D eigenvalue weighted by Gasteiger charge is -2.15. The Morgan fingerprint density at radius 3 is 2.55 bits per heavy atom. The average molecular weight is 438 g/mol. The van der Waals surface area contributed by atoms with Gasteiger partial charge in [0.15, 0.2) is 0 Å². The molecule has 154 valence electrons. The van der Waals surface area contributed by atoms with Gasteiger partial charge in [0, 0.05) is 16.4 Å². The van der Waals surface area contributed by atoms with Crippen LogP contribution in [-0.4, -0.2) is 40.1 Å². The van der Waals surface area contributed by atoms with Crippen LogP contribution in [0.4, 0.5) is 5.69 Å². The van der Waals surface area contributed by atoms with Crippen LogP contribution in [0.2, 0.25) is 5.02 Å². The molecule has 0 unspecified atom stereocenters. The first-order valence-corrected chi connectivity index (χ1v) is 10.6. The second-order valence-corrected chi connectivity index (χ2v) is 8.78. The van der Waals surface area contributed by atoms with Crippen LogP contribution in [0.5, 0.6) is 0 Å². The van der Waals surface area contributed by atoms with Crippen molar-refractivity contribution in [1.82, 2.24) is 19.6 Å². The number of fused-ring (bicyclic) bond motifs is 1. The molecule has 0 aliphatic carbocycles. The highest BCUT2D eigenvalue weighted by Crippen LogP contribution is 2.30. The van der Waals surface area contributed by atoms with Crippen LogP contribution >= 0.6 is 11.6 Å². The molecule has 1 aromatic carbocycles. The summed E-state index contributed by atoms with van der Waals surface area (Å²) in [6.45, 7) is 8.53. The van der Waals surface area contributed by atoms with Crippen molar-refractivity contribution in [2.45, 2.75) is 45.9 Å². The fourth-order valence-corrected chi connectivity index (χ4v) is 3.88. The number of carbonyl (C=O) groups excluding carboxylic acids is 1. The number of carbonyl (C=O) groups is 1. The van der Waals surface area contributed by atoms with Crippen molar-refractivity contribution in [2.75, 3.05) is 4.72 Å². The Kier molecular flexibility index (Phi) is 5.50. The monoisotopic (exact) mass is 437 g/mol. The third kappa shape index (κ3) is 4.18. The first-order chi connectivity index (χ1) is 13.5. The molecule has 3 rings (SSSR count). The highest BCUT2D eigenvalue weighted by atomic mass is 35.5. The zero-order valence-electron chi connectivity index (χ0n) is 16.5. The van der Waals surface area contributed by atoms with Crippen molar-refractivity contribution >= 4 is 39.1 Å². The second-order valence-electron chi connectivity index (χ2n) is 6.80. The van der Waals surface area contributed by atoms with Gasteiger partial charge in [0.25, 0.3) is 21.0 Å². The summed E-state index contributed by atoms with van der Waals surface area (Å²) >= 11 is 6.14. The largest absolute Gasteiger partial charge is 0.459 e. The van der Waals surface area contributed by atoms with Crippen LogP contribution < -0.4 is 4.72 Å². The van der Waals surface area contributed by atoms with Gasteiger partial charge in [0.2, 0.25) is 0 Å². The Hall–Kier alpha value is -2.72. The number of nitrogens with one attached hydrogen (secondary N) is 1. The smallest absolute Gasteiger partial charge is 0.340 e. The first kappa shape index (κ1) is 21.0. The number of benzene rings is 1. The summed E-state index contributed by atoms with van der Waals surface area (Å²) in [5.41, 5.74) is 1.80.